The number of likely N-dealkylation sites (N-methyl/N-ethyl adjacent to an activating group) is 2. The van der Waals surface area contributed by atoms with Crippen molar-refractivity contribution < 1.29 is 9.59 Å². The molecule has 1 heterocycles. The first-order chi connectivity index (χ1) is 11.0. The van der Waals surface area contributed by atoms with Gasteiger partial charge in [-0.05, 0) is 19.9 Å². The largest absolute Gasteiger partial charge is 0.330 e. The predicted octanol–water partition coefficient (Wildman–Crippen LogP) is 4.40. The minimum Gasteiger partial charge on any atom is -0.330 e. The zero-order chi connectivity index (χ0) is 19.2. The van der Waals surface area contributed by atoms with Gasteiger partial charge in [0.05, 0.1) is 11.3 Å². The molecule has 1 unspecified atom stereocenters. The minimum atomic E-state index is -0.460. The molecular formula is C19H36N2O2. The highest BCUT2D eigenvalue weighted by atomic mass is 16.2. The Kier molecular flexibility index (Phi) is 17.1. The maximum Gasteiger partial charge on any atom is 0.256 e. The Hall–Kier alpha value is -1.84. The highest BCUT2D eigenvalue weighted by molar-refractivity contribution is 6.03. The van der Waals surface area contributed by atoms with E-state index in [1.807, 2.05) is 41.5 Å². The number of carbonyl (C=O) groups is 2. The molecule has 1 aliphatic heterocycles. The van der Waals surface area contributed by atoms with E-state index in [0.717, 1.165) is 0 Å². The van der Waals surface area contributed by atoms with Gasteiger partial charge >= 0.3 is 0 Å². The molecule has 0 N–H and O–H groups in total. The molecule has 1 saturated heterocycles. The summed E-state index contributed by atoms with van der Waals surface area (Å²) < 4.78 is 0. The molecule has 0 aromatic carbocycles. The van der Waals surface area contributed by atoms with Crippen LogP contribution in [0.25, 0.3) is 0 Å². The number of hydrogen-bond donors (Lipinski definition) is 0. The highest BCUT2D eigenvalue weighted by Crippen LogP contribution is 2.23. The zero-order valence-electron chi connectivity index (χ0n) is 16.7. The Labute approximate surface area is 143 Å². The number of nitrogens with zero attached hydrogens (tertiary/aromatic N) is 2. The van der Waals surface area contributed by atoms with E-state index in [0.29, 0.717) is 11.3 Å². The van der Waals surface area contributed by atoms with Gasteiger partial charge in [0.15, 0.2) is 0 Å². The summed E-state index contributed by atoms with van der Waals surface area (Å²) in [4.78, 5) is 27.2. The number of amides is 2. The number of carbonyl (C=O) groups excluding carboxylic acids is 2. The van der Waals surface area contributed by atoms with Crippen molar-refractivity contribution in [3.05, 3.63) is 36.1 Å². The van der Waals surface area contributed by atoms with Gasteiger partial charge in [-0.3, -0.25) is 9.59 Å². The van der Waals surface area contributed by atoms with E-state index in [9.17, 15) is 9.59 Å². The van der Waals surface area contributed by atoms with Gasteiger partial charge in [-0.1, -0.05) is 60.3 Å². The van der Waals surface area contributed by atoms with E-state index in [1.165, 1.54) is 9.80 Å². The zero-order valence-corrected chi connectivity index (χ0v) is 16.7. The normalized spacial score (nSPS) is 20.5. The van der Waals surface area contributed by atoms with Gasteiger partial charge in [0, 0.05) is 14.1 Å². The summed E-state index contributed by atoms with van der Waals surface area (Å²) in [6, 6.07) is -0.460. The summed E-state index contributed by atoms with van der Waals surface area (Å²) in [6.45, 7) is 19.1. The molecule has 0 aromatic heterocycles. The lowest BCUT2D eigenvalue weighted by Crippen LogP contribution is -2.42. The van der Waals surface area contributed by atoms with Crippen LogP contribution in [0, 0.1) is 0 Å². The van der Waals surface area contributed by atoms with E-state index in [4.69, 9.17) is 0 Å². The summed E-state index contributed by atoms with van der Waals surface area (Å²) in [5.74, 6) is -0.253. The predicted molar refractivity (Wildman–Crippen MR) is 101 cm³/mol. The third-order valence-electron chi connectivity index (χ3n) is 3.02. The van der Waals surface area contributed by atoms with E-state index in [2.05, 4.69) is 6.58 Å². The van der Waals surface area contributed by atoms with Crippen molar-refractivity contribution in [2.75, 3.05) is 14.1 Å². The van der Waals surface area contributed by atoms with E-state index < -0.39 is 6.04 Å². The van der Waals surface area contributed by atoms with Crippen molar-refractivity contribution in [1.29, 1.82) is 0 Å². The molecule has 0 saturated carbocycles. The summed E-state index contributed by atoms with van der Waals surface area (Å²) in [7, 11) is 3.31. The van der Waals surface area contributed by atoms with Gasteiger partial charge in [-0.2, -0.15) is 0 Å². The third-order valence-corrected chi connectivity index (χ3v) is 3.02. The fourth-order valence-electron chi connectivity index (χ4n) is 1.81. The molecule has 0 aromatic rings. The Morgan fingerprint density at radius 1 is 1.00 bits per heavy atom. The fraction of sp³-hybridized carbons (Fsp3) is 0.579. The second-order valence-corrected chi connectivity index (χ2v) is 3.98. The number of hydrogen-bond acceptors (Lipinski definition) is 2. The summed E-state index contributed by atoms with van der Waals surface area (Å²) in [5, 5.41) is 0. The lowest BCUT2D eigenvalue weighted by molar-refractivity contribution is -0.137. The molecule has 134 valence electrons. The molecule has 4 heteroatoms. The third kappa shape index (κ3) is 6.85. The second-order valence-electron chi connectivity index (χ2n) is 3.98. The topological polar surface area (TPSA) is 40.6 Å². The van der Waals surface area contributed by atoms with Crippen molar-refractivity contribution in [2.24, 2.45) is 0 Å². The van der Waals surface area contributed by atoms with Crippen molar-refractivity contribution >= 4 is 11.8 Å². The van der Waals surface area contributed by atoms with Crippen LogP contribution in [-0.2, 0) is 9.59 Å². The molecule has 0 aliphatic carbocycles. The van der Waals surface area contributed by atoms with Crippen LogP contribution in [-0.4, -0.2) is 41.8 Å². The quantitative estimate of drug-likeness (QED) is 0.671. The van der Waals surface area contributed by atoms with Crippen LogP contribution in [0.2, 0.25) is 0 Å². The van der Waals surface area contributed by atoms with Crippen LogP contribution in [0.3, 0.4) is 0 Å². The fourth-order valence-corrected chi connectivity index (χ4v) is 1.81. The van der Waals surface area contributed by atoms with Gasteiger partial charge in [0.1, 0.15) is 6.04 Å². The molecule has 1 rings (SSSR count). The smallest absolute Gasteiger partial charge is 0.256 e. The summed E-state index contributed by atoms with van der Waals surface area (Å²) >= 11 is 0. The van der Waals surface area contributed by atoms with Crippen LogP contribution < -0.4 is 0 Å². The van der Waals surface area contributed by atoms with E-state index in [-0.39, 0.29) is 11.8 Å². The summed E-state index contributed by atoms with van der Waals surface area (Å²) in [5.41, 5.74) is 1.11. The molecule has 23 heavy (non-hydrogen) atoms. The monoisotopic (exact) mass is 324 g/mol. The molecule has 2 amide bonds. The Morgan fingerprint density at radius 3 is 1.78 bits per heavy atom. The molecule has 0 radical (unpaired) electrons. The lowest BCUT2D eigenvalue weighted by atomic mass is 10.1. The van der Waals surface area contributed by atoms with Crippen LogP contribution in [0.15, 0.2) is 36.1 Å². The van der Waals surface area contributed by atoms with Gasteiger partial charge in [-0.25, -0.2) is 0 Å². The first kappa shape index (κ1) is 26.1. The second kappa shape index (κ2) is 15.1. The Morgan fingerprint density at radius 2 is 1.43 bits per heavy atom. The van der Waals surface area contributed by atoms with E-state index >= 15 is 0 Å². The maximum absolute atomic E-state index is 12.2. The maximum atomic E-state index is 12.2. The van der Waals surface area contributed by atoms with Crippen LogP contribution >= 0.6 is 0 Å². The first-order valence-corrected chi connectivity index (χ1v) is 8.49. The van der Waals surface area contributed by atoms with Crippen molar-refractivity contribution in [3.63, 3.8) is 0 Å². The number of allylic oxidation sites excluding steroid dienone is 3. The van der Waals surface area contributed by atoms with Crippen LogP contribution in [0.4, 0.5) is 0 Å². The SMILES string of the molecule is C=C/C=C1\C(=C/C)C(=O)N(C)C(C)C(=O)N1C.CC.CC.CC. The molecule has 1 aliphatic rings. The average Bonchev–Trinajstić information content (AvgIpc) is 2.68. The van der Waals surface area contributed by atoms with Gasteiger partial charge in [0.25, 0.3) is 5.91 Å². The van der Waals surface area contributed by atoms with Gasteiger partial charge < -0.3 is 9.80 Å². The molecule has 4 nitrogen and oxygen atoms in total. The minimum absolute atomic E-state index is 0.106. The van der Waals surface area contributed by atoms with Crippen molar-refractivity contribution in [2.45, 2.75) is 61.4 Å². The van der Waals surface area contributed by atoms with E-state index in [1.54, 1.807) is 46.2 Å². The highest BCUT2D eigenvalue weighted by Gasteiger charge is 2.34. The molecular weight excluding hydrogens is 288 g/mol. The number of rotatable bonds is 1. The van der Waals surface area contributed by atoms with Crippen molar-refractivity contribution in [1.82, 2.24) is 9.80 Å². The average molecular weight is 325 g/mol. The Balaban J connectivity index is -0.000000595. The van der Waals surface area contributed by atoms with Gasteiger partial charge in [0.2, 0.25) is 5.91 Å². The lowest BCUT2D eigenvalue weighted by Gasteiger charge is -2.22. The molecule has 1 fully saturated rings. The summed E-state index contributed by atoms with van der Waals surface area (Å²) in [6.07, 6.45) is 4.97. The van der Waals surface area contributed by atoms with Gasteiger partial charge in [-0.15, -0.1) is 0 Å². The molecule has 0 bridgehead atoms. The molecule has 1 atom stereocenters. The van der Waals surface area contributed by atoms with Crippen molar-refractivity contribution in [3.8, 4) is 0 Å². The molecule has 0 spiro atoms. The Bertz CT molecular complexity index is 423. The first-order valence-electron chi connectivity index (χ1n) is 8.49. The van der Waals surface area contributed by atoms with Crippen LogP contribution in [0.1, 0.15) is 55.4 Å². The van der Waals surface area contributed by atoms with Crippen LogP contribution in [0.5, 0.6) is 0 Å². The standard InChI is InChI=1S/C13H18N2O2.3C2H6/c1-6-8-11-10(7-2)13(17)14(4)9(3)12(16)15(11)5;3*1-2/h6-9H,1H2,2-5H3;3*1-2H3/b10-7+,11-8+;;;.